The number of aromatic amines is 1. The second-order valence-corrected chi connectivity index (χ2v) is 7.54. The first-order chi connectivity index (χ1) is 13.1. The summed E-state index contributed by atoms with van der Waals surface area (Å²) in [7, 11) is 1.53. The Kier molecular flexibility index (Phi) is 4.66. The summed E-state index contributed by atoms with van der Waals surface area (Å²) in [5.74, 6) is 0.492. The molecule has 0 aliphatic heterocycles. The van der Waals surface area contributed by atoms with E-state index >= 15 is 0 Å². The van der Waals surface area contributed by atoms with Gasteiger partial charge in [0.2, 0.25) is 0 Å². The van der Waals surface area contributed by atoms with Crippen LogP contribution in [-0.2, 0) is 0 Å². The van der Waals surface area contributed by atoms with Crippen LogP contribution in [0.25, 0.3) is 20.7 Å². The minimum atomic E-state index is 0.416. The van der Waals surface area contributed by atoms with Crippen LogP contribution in [0.1, 0.15) is 5.56 Å². The fraction of sp³-hybridized carbons (Fsp3) is 0.0526. The fourth-order valence-corrected chi connectivity index (χ4v) is 4.34. The number of aromatic nitrogens is 2. The average Bonchev–Trinajstić information content (AvgIpc) is 3.33. The smallest absolute Gasteiger partial charge is 0.139 e. The Balaban J connectivity index is 1.87. The first kappa shape index (κ1) is 17.7. The monoisotopic (exact) mass is 414 g/mol. The van der Waals surface area contributed by atoms with Gasteiger partial charge < -0.3 is 15.0 Å². The Bertz CT molecular complexity index is 1180. The van der Waals surface area contributed by atoms with Crippen molar-refractivity contribution in [1.29, 1.82) is 5.26 Å². The number of benzene rings is 1. The highest BCUT2D eigenvalue weighted by molar-refractivity contribution is 7.22. The van der Waals surface area contributed by atoms with Crippen molar-refractivity contribution in [3.05, 3.63) is 58.5 Å². The minimum Gasteiger partial charge on any atom is -0.495 e. The van der Waals surface area contributed by atoms with Crippen molar-refractivity contribution < 1.29 is 4.74 Å². The van der Waals surface area contributed by atoms with Crippen molar-refractivity contribution in [2.75, 3.05) is 12.4 Å². The lowest BCUT2D eigenvalue weighted by molar-refractivity contribution is 0.415. The molecule has 0 bridgehead atoms. The molecule has 0 aliphatic carbocycles. The summed E-state index contributed by atoms with van der Waals surface area (Å²) < 4.78 is 6.14. The molecular weight excluding hydrogens is 403 g/mol. The quantitative estimate of drug-likeness (QED) is 0.415. The molecule has 134 valence electrons. The van der Waals surface area contributed by atoms with Crippen molar-refractivity contribution in [2.24, 2.45) is 0 Å². The number of thiophene rings is 1. The number of H-pyrrole nitrogens is 1. The van der Waals surface area contributed by atoms with Gasteiger partial charge in [0.25, 0.3) is 0 Å². The summed E-state index contributed by atoms with van der Waals surface area (Å²) >= 11 is 14.0. The summed E-state index contributed by atoms with van der Waals surface area (Å²) in [5, 5.41) is 13.7. The topological polar surface area (TPSA) is 73.7 Å². The standard InChI is InChI=1S/C19H12Cl2N4OS/c1-26-16-5-14(12(20)4-13(16)21)25-18-11(7-22)9-24-15-6-17(27-19(15)18)10-2-3-23-8-10/h2-6,8-9,23H,1H3,(H,24,25). The highest BCUT2D eigenvalue weighted by atomic mass is 35.5. The Labute approximate surface area is 169 Å². The molecule has 8 heteroatoms. The molecule has 5 nitrogen and oxygen atoms in total. The Morgan fingerprint density at radius 3 is 2.81 bits per heavy atom. The van der Waals surface area contributed by atoms with Gasteiger partial charge in [-0.2, -0.15) is 5.26 Å². The van der Waals surface area contributed by atoms with Gasteiger partial charge >= 0.3 is 0 Å². The number of nitrogens with one attached hydrogen (secondary N) is 2. The molecule has 3 heterocycles. The van der Waals surface area contributed by atoms with E-state index in [9.17, 15) is 5.26 Å². The van der Waals surface area contributed by atoms with E-state index in [2.05, 4.69) is 21.4 Å². The van der Waals surface area contributed by atoms with Crippen LogP contribution in [0.2, 0.25) is 10.0 Å². The van der Waals surface area contributed by atoms with Gasteiger partial charge in [0.15, 0.2) is 0 Å². The number of nitrogens with zero attached hydrogens (tertiary/aromatic N) is 2. The third-order valence-electron chi connectivity index (χ3n) is 4.05. The lowest BCUT2D eigenvalue weighted by Gasteiger charge is -2.13. The van der Waals surface area contributed by atoms with E-state index in [1.54, 1.807) is 29.7 Å². The van der Waals surface area contributed by atoms with Crippen LogP contribution in [0.15, 0.2) is 42.9 Å². The summed E-state index contributed by atoms with van der Waals surface area (Å²) in [4.78, 5) is 8.52. The number of ether oxygens (including phenoxy) is 1. The van der Waals surface area contributed by atoms with Crippen LogP contribution in [0.3, 0.4) is 0 Å². The number of hydrogen-bond acceptors (Lipinski definition) is 5. The number of pyridine rings is 1. The number of fused-ring (bicyclic) bond motifs is 1. The Hall–Kier alpha value is -2.72. The molecule has 4 aromatic rings. The van der Waals surface area contributed by atoms with Gasteiger partial charge in [-0.05, 0) is 18.2 Å². The molecule has 3 aromatic heterocycles. The normalized spacial score (nSPS) is 10.7. The van der Waals surface area contributed by atoms with Gasteiger partial charge in [-0.25, -0.2) is 0 Å². The number of methoxy groups -OCH3 is 1. The zero-order chi connectivity index (χ0) is 19.0. The summed E-state index contributed by atoms with van der Waals surface area (Å²) in [5.41, 5.74) is 3.54. The largest absolute Gasteiger partial charge is 0.495 e. The van der Waals surface area contributed by atoms with E-state index in [4.69, 9.17) is 27.9 Å². The second kappa shape index (κ2) is 7.12. The lowest BCUT2D eigenvalue weighted by atomic mass is 10.2. The van der Waals surface area contributed by atoms with E-state index < -0.39 is 0 Å². The zero-order valence-electron chi connectivity index (χ0n) is 14.0. The van der Waals surface area contributed by atoms with Gasteiger partial charge in [0.05, 0.1) is 44.3 Å². The molecule has 2 N–H and O–H groups in total. The average molecular weight is 415 g/mol. The minimum absolute atomic E-state index is 0.416. The molecule has 0 spiro atoms. The third kappa shape index (κ3) is 3.21. The molecule has 0 atom stereocenters. The zero-order valence-corrected chi connectivity index (χ0v) is 16.3. The summed E-state index contributed by atoms with van der Waals surface area (Å²) in [6, 6.07) is 9.49. The SMILES string of the molecule is COc1cc(Nc2c(C#N)cnc3cc(-c4cc[nH]c4)sc23)c(Cl)cc1Cl. The Morgan fingerprint density at radius 1 is 1.26 bits per heavy atom. The van der Waals surface area contributed by atoms with Crippen LogP contribution in [0.4, 0.5) is 11.4 Å². The molecule has 0 aliphatic rings. The van der Waals surface area contributed by atoms with Crippen LogP contribution >= 0.6 is 34.5 Å². The van der Waals surface area contributed by atoms with E-state index in [0.29, 0.717) is 32.7 Å². The molecule has 0 unspecified atom stereocenters. The van der Waals surface area contributed by atoms with E-state index in [0.717, 1.165) is 20.7 Å². The van der Waals surface area contributed by atoms with Crippen molar-refractivity contribution in [1.82, 2.24) is 9.97 Å². The molecule has 27 heavy (non-hydrogen) atoms. The highest BCUT2D eigenvalue weighted by Gasteiger charge is 2.16. The first-order valence-corrected chi connectivity index (χ1v) is 9.44. The van der Waals surface area contributed by atoms with E-state index in [1.807, 2.05) is 24.5 Å². The van der Waals surface area contributed by atoms with Crippen LogP contribution in [0, 0.1) is 11.3 Å². The Morgan fingerprint density at radius 2 is 2.11 bits per heavy atom. The maximum atomic E-state index is 9.55. The predicted molar refractivity (Wildman–Crippen MR) is 110 cm³/mol. The van der Waals surface area contributed by atoms with Crippen molar-refractivity contribution in [3.63, 3.8) is 0 Å². The maximum Gasteiger partial charge on any atom is 0.139 e. The molecule has 0 saturated carbocycles. The number of nitriles is 1. The van der Waals surface area contributed by atoms with Gasteiger partial charge in [0.1, 0.15) is 11.8 Å². The maximum absolute atomic E-state index is 9.55. The van der Waals surface area contributed by atoms with Gasteiger partial charge in [-0.1, -0.05) is 23.2 Å². The van der Waals surface area contributed by atoms with Crippen molar-refractivity contribution >= 4 is 56.1 Å². The van der Waals surface area contributed by atoms with Gasteiger partial charge in [-0.15, -0.1) is 11.3 Å². The first-order valence-electron chi connectivity index (χ1n) is 7.86. The summed E-state index contributed by atoms with van der Waals surface area (Å²) in [6.07, 6.45) is 5.34. The molecule has 0 fully saturated rings. The van der Waals surface area contributed by atoms with Crippen LogP contribution < -0.4 is 10.1 Å². The number of halogens is 2. The van der Waals surface area contributed by atoms with Gasteiger partial charge in [0, 0.05) is 35.1 Å². The van der Waals surface area contributed by atoms with Gasteiger partial charge in [-0.3, -0.25) is 4.98 Å². The summed E-state index contributed by atoms with van der Waals surface area (Å²) in [6.45, 7) is 0. The highest BCUT2D eigenvalue weighted by Crippen LogP contribution is 2.41. The van der Waals surface area contributed by atoms with Crippen molar-refractivity contribution in [2.45, 2.75) is 0 Å². The molecule has 0 radical (unpaired) electrons. The van der Waals surface area contributed by atoms with E-state index in [-0.39, 0.29) is 0 Å². The molecule has 0 saturated heterocycles. The second-order valence-electron chi connectivity index (χ2n) is 5.67. The van der Waals surface area contributed by atoms with E-state index in [1.165, 1.54) is 7.11 Å². The lowest BCUT2D eigenvalue weighted by Crippen LogP contribution is -1.97. The molecule has 0 amide bonds. The molecule has 4 rings (SSSR count). The molecule has 1 aromatic carbocycles. The predicted octanol–water partition coefficient (Wildman–Crippen LogP) is 6.22. The van der Waals surface area contributed by atoms with Crippen molar-refractivity contribution in [3.8, 4) is 22.3 Å². The number of anilines is 2. The number of rotatable bonds is 4. The molecular formula is C19H12Cl2N4OS. The third-order valence-corrected chi connectivity index (χ3v) is 5.84. The number of hydrogen-bond donors (Lipinski definition) is 2. The van der Waals surface area contributed by atoms with Crippen LogP contribution in [0.5, 0.6) is 5.75 Å². The fourth-order valence-electron chi connectivity index (χ4n) is 2.72. The van der Waals surface area contributed by atoms with Crippen LogP contribution in [-0.4, -0.2) is 17.1 Å².